The molecule has 2 heterocycles. The number of aromatic nitrogens is 2. The summed E-state index contributed by atoms with van der Waals surface area (Å²) in [7, 11) is 0. The molecule has 0 amide bonds. The van der Waals surface area contributed by atoms with Crippen molar-refractivity contribution in [2.45, 2.75) is 13.0 Å². The van der Waals surface area contributed by atoms with E-state index >= 15 is 0 Å². The summed E-state index contributed by atoms with van der Waals surface area (Å²) in [6.07, 6.45) is 1.91. The molecule has 4 rings (SSSR count). The lowest BCUT2D eigenvalue weighted by atomic mass is 10.0. The summed E-state index contributed by atoms with van der Waals surface area (Å²) in [5.74, 6) is 0.0854. The molecule has 0 aliphatic rings. The van der Waals surface area contributed by atoms with Gasteiger partial charge in [-0.25, -0.2) is 9.37 Å². The third kappa shape index (κ3) is 3.86. The van der Waals surface area contributed by atoms with Gasteiger partial charge in [-0.1, -0.05) is 24.3 Å². The summed E-state index contributed by atoms with van der Waals surface area (Å²) >= 11 is 0. The van der Waals surface area contributed by atoms with Gasteiger partial charge < -0.3 is 16.0 Å². The lowest BCUT2D eigenvalue weighted by molar-refractivity contribution is 0.0989. The molecule has 4 aromatic rings. The lowest BCUT2D eigenvalue weighted by Gasteiger charge is -2.09. The number of nitrogen functional groups attached to an aromatic ring is 1. The Balaban J connectivity index is 1.46. The quantitative estimate of drug-likeness (QED) is 0.439. The number of carbonyl (C=O) groups excluding carboxylic acids is 1. The van der Waals surface area contributed by atoms with Crippen molar-refractivity contribution >= 4 is 28.2 Å². The van der Waals surface area contributed by atoms with Gasteiger partial charge in [0.2, 0.25) is 0 Å². The van der Waals surface area contributed by atoms with Crippen LogP contribution in [0.3, 0.4) is 0 Å². The summed E-state index contributed by atoms with van der Waals surface area (Å²) in [5.41, 5.74) is 9.78. The Labute approximate surface area is 161 Å². The fraction of sp³-hybridized carbons (Fsp3) is 0.0909. The molecule has 0 aliphatic heterocycles. The Kier molecular flexibility index (Phi) is 4.76. The van der Waals surface area contributed by atoms with Crippen LogP contribution in [-0.2, 0) is 13.0 Å². The number of nitrogens with two attached hydrogens (primary N) is 1. The molecule has 0 radical (unpaired) electrons. The number of hydrogen-bond donors (Lipinski definition) is 3. The number of hydrogen-bond acceptors (Lipinski definition) is 4. The molecule has 0 fully saturated rings. The van der Waals surface area contributed by atoms with Crippen LogP contribution >= 0.6 is 0 Å². The smallest absolute Gasteiger partial charge is 0.183 e. The van der Waals surface area contributed by atoms with Crippen molar-refractivity contribution in [2.24, 2.45) is 0 Å². The first-order valence-electron chi connectivity index (χ1n) is 8.92. The molecule has 4 N–H and O–H groups in total. The fourth-order valence-electron chi connectivity index (χ4n) is 3.15. The van der Waals surface area contributed by atoms with E-state index in [4.69, 9.17) is 5.73 Å². The Hall–Kier alpha value is -3.67. The summed E-state index contributed by atoms with van der Waals surface area (Å²) in [4.78, 5) is 19.7. The number of aromatic amines is 1. The number of Topliss-reactive ketones (excluding diaryl/α,β-unsaturated/α-hetero) is 1. The van der Waals surface area contributed by atoms with Crippen LogP contribution in [0.2, 0.25) is 0 Å². The number of carbonyl (C=O) groups is 1. The van der Waals surface area contributed by atoms with Crippen LogP contribution in [0.25, 0.3) is 10.9 Å². The maximum atomic E-state index is 13.3. The standard InChI is InChI=1S/C22H19FN4O/c23-17-6-7-18-16(11-17)12-20(27-18)21(28)10-14-3-1-4-15(9-14)13-26-19-5-2-8-25-22(19)24/h1-9,11-12,26-27H,10,13H2,(H2,24,25). The number of rotatable bonds is 6. The number of nitrogens with zero attached hydrogens (tertiary/aromatic N) is 1. The first-order chi connectivity index (χ1) is 13.6. The van der Waals surface area contributed by atoms with Crippen LogP contribution in [-0.4, -0.2) is 15.8 Å². The highest BCUT2D eigenvalue weighted by Crippen LogP contribution is 2.19. The second-order valence-electron chi connectivity index (χ2n) is 6.62. The Morgan fingerprint density at radius 3 is 2.79 bits per heavy atom. The SMILES string of the molecule is Nc1ncccc1NCc1cccc(CC(=O)c2cc3cc(F)ccc3[nH]2)c1. The van der Waals surface area contributed by atoms with E-state index < -0.39 is 0 Å². The maximum Gasteiger partial charge on any atom is 0.183 e. The highest BCUT2D eigenvalue weighted by atomic mass is 19.1. The zero-order valence-corrected chi connectivity index (χ0v) is 15.1. The number of benzene rings is 2. The Bertz CT molecular complexity index is 1150. The van der Waals surface area contributed by atoms with Crippen molar-refractivity contribution < 1.29 is 9.18 Å². The fourth-order valence-corrected chi connectivity index (χ4v) is 3.15. The predicted octanol–water partition coefficient (Wildman–Crippen LogP) is 4.32. The minimum Gasteiger partial charge on any atom is -0.382 e. The molecular weight excluding hydrogens is 355 g/mol. The van der Waals surface area contributed by atoms with E-state index in [2.05, 4.69) is 15.3 Å². The Morgan fingerprint density at radius 1 is 1.07 bits per heavy atom. The van der Waals surface area contributed by atoms with E-state index in [0.717, 1.165) is 22.3 Å². The molecule has 140 valence electrons. The summed E-state index contributed by atoms with van der Waals surface area (Å²) in [5, 5.41) is 3.94. The van der Waals surface area contributed by atoms with Crippen molar-refractivity contribution in [1.29, 1.82) is 0 Å². The summed E-state index contributed by atoms with van der Waals surface area (Å²) in [6.45, 7) is 0.573. The second kappa shape index (κ2) is 7.52. The first-order valence-corrected chi connectivity index (χ1v) is 8.92. The van der Waals surface area contributed by atoms with Crippen LogP contribution in [0.4, 0.5) is 15.9 Å². The molecule has 0 atom stereocenters. The van der Waals surface area contributed by atoms with Gasteiger partial charge in [-0.2, -0.15) is 0 Å². The van der Waals surface area contributed by atoms with Gasteiger partial charge in [0.25, 0.3) is 0 Å². The van der Waals surface area contributed by atoms with Crippen molar-refractivity contribution in [3.8, 4) is 0 Å². The van der Waals surface area contributed by atoms with Crippen LogP contribution < -0.4 is 11.1 Å². The minimum atomic E-state index is -0.319. The topological polar surface area (TPSA) is 83.8 Å². The molecule has 6 heteroatoms. The largest absolute Gasteiger partial charge is 0.382 e. The van der Waals surface area contributed by atoms with E-state index in [0.29, 0.717) is 23.4 Å². The van der Waals surface area contributed by atoms with E-state index in [1.165, 1.54) is 12.1 Å². The van der Waals surface area contributed by atoms with Crippen LogP contribution in [0, 0.1) is 5.82 Å². The van der Waals surface area contributed by atoms with Crippen molar-refractivity contribution in [3.63, 3.8) is 0 Å². The molecule has 0 spiro atoms. The average Bonchev–Trinajstić information content (AvgIpc) is 3.11. The minimum absolute atomic E-state index is 0.0433. The van der Waals surface area contributed by atoms with Gasteiger partial charge >= 0.3 is 0 Å². The monoisotopic (exact) mass is 374 g/mol. The molecule has 0 aliphatic carbocycles. The number of nitrogens with one attached hydrogen (secondary N) is 2. The number of ketones is 1. The van der Waals surface area contributed by atoms with E-state index in [1.807, 2.05) is 36.4 Å². The zero-order chi connectivity index (χ0) is 19.5. The molecule has 0 saturated carbocycles. The average molecular weight is 374 g/mol. The number of fused-ring (bicyclic) bond motifs is 1. The van der Waals surface area contributed by atoms with Crippen LogP contribution in [0.5, 0.6) is 0 Å². The highest BCUT2D eigenvalue weighted by Gasteiger charge is 2.11. The molecule has 0 saturated heterocycles. The lowest BCUT2D eigenvalue weighted by Crippen LogP contribution is -2.06. The van der Waals surface area contributed by atoms with Crippen molar-refractivity contribution in [3.05, 3.63) is 89.5 Å². The number of anilines is 2. The van der Waals surface area contributed by atoms with Gasteiger partial charge in [0, 0.05) is 30.1 Å². The van der Waals surface area contributed by atoms with Gasteiger partial charge in [0.15, 0.2) is 5.78 Å². The summed E-state index contributed by atoms with van der Waals surface area (Å²) < 4.78 is 13.3. The molecule has 0 bridgehead atoms. The third-order valence-corrected chi connectivity index (χ3v) is 4.56. The van der Waals surface area contributed by atoms with Crippen LogP contribution in [0.15, 0.2) is 66.9 Å². The second-order valence-corrected chi connectivity index (χ2v) is 6.62. The van der Waals surface area contributed by atoms with Crippen molar-refractivity contribution in [2.75, 3.05) is 11.1 Å². The molecule has 0 unspecified atom stereocenters. The molecular formula is C22H19FN4O. The highest BCUT2D eigenvalue weighted by molar-refractivity contribution is 6.00. The Morgan fingerprint density at radius 2 is 1.93 bits per heavy atom. The van der Waals surface area contributed by atoms with E-state index in [9.17, 15) is 9.18 Å². The van der Waals surface area contributed by atoms with E-state index in [-0.39, 0.29) is 18.0 Å². The summed E-state index contributed by atoms with van der Waals surface area (Å²) in [6, 6.07) is 17.6. The van der Waals surface area contributed by atoms with Gasteiger partial charge in [-0.3, -0.25) is 4.79 Å². The van der Waals surface area contributed by atoms with Crippen molar-refractivity contribution in [1.82, 2.24) is 9.97 Å². The third-order valence-electron chi connectivity index (χ3n) is 4.56. The molecule has 28 heavy (non-hydrogen) atoms. The van der Waals surface area contributed by atoms with Gasteiger partial charge in [0.1, 0.15) is 11.6 Å². The number of halogens is 1. The number of pyridine rings is 1. The van der Waals surface area contributed by atoms with Crippen LogP contribution in [0.1, 0.15) is 21.6 Å². The van der Waals surface area contributed by atoms with Gasteiger partial charge in [-0.05, 0) is 47.5 Å². The maximum absolute atomic E-state index is 13.3. The van der Waals surface area contributed by atoms with Gasteiger partial charge in [0.05, 0.1) is 11.4 Å². The van der Waals surface area contributed by atoms with E-state index in [1.54, 1.807) is 18.3 Å². The zero-order valence-electron chi connectivity index (χ0n) is 15.1. The number of H-pyrrole nitrogens is 1. The predicted molar refractivity (Wildman–Crippen MR) is 109 cm³/mol. The first kappa shape index (κ1) is 17.7. The van der Waals surface area contributed by atoms with Gasteiger partial charge in [-0.15, -0.1) is 0 Å². The molecule has 5 nitrogen and oxygen atoms in total. The normalized spacial score (nSPS) is 10.9. The molecule has 2 aromatic heterocycles. The molecule has 2 aromatic carbocycles.